The van der Waals surface area contributed by atoms with Gasteiger partial charge in [-0.15, -0.1) is 0 Å². The van der Waals surface area contributed by atoms with Crippen LogP contribution >= 0.6 is 12.2 Å². The summed E-state index contributed by atoms with van der Waals surface area (Å²) in [5.74, 6) is -0.632. The molecule has 0 aromatic heterocycles. The minimum atomic E-state index is -4.32. The molecule has 1 aliphatic carbocycles. The molecule has 1 saturated carbocycles. The Hall–Kier alpha value is -0.850. The maximum atomic E-state index is 12.1. The highest BCUT2D eigenvalue weighted by Crippen LogP contribution is 2.28. The van der Waals surface area contributed by atoms with Crippen molar-refractivity contribution in [2.45, 2.75) is 63.1 Å². The molecule has 3 N–H and O–H groups in total. The normalized spacial score (nSPS) is 19.5. The third kappa shape index (κ3) is 5.34. The number of thiocarbonyl (C=S) groups is 1. The van der Waals surface area contributed by atoms with E-state index in [0.29, 0.717) is 12.8 Å². The van der Waals surface area contributed by atoms with Crippen molar-refractivity contribution >= 4 is 23.1 Å². The maximum Gasteiger partial charge on any atom is 0.389 e. The molecular weight excluding hydrogens is 277 g/mol. The lowest BCUT2D eigenvalue weighted by Gasteiger charge is -2.33. The van der Waals surface area contributed by atoms with Crippen LogP contribution in [0.3, 0.4) is 0 Å². The minimum absolute atomic E-state index is 0.176. The second-order valence-corrected chi connectivity index (χ2v) is 5.46. The second kappa shape index (κ2) is 6.54. The molecule has 0 aromatic rings. The van der Waals surface area contributed by atoms with Crippen LogP contribution in [0.4, 0.5) is 13.2 Å². The van der Waals surface area contributed by atoms with Gasteiger partial charge in [-0.1, -0.05) is 37.9 Å². The number of hydrogen-bond acceptors (Lipinski definition) is 2. The molecule has 0 unspecified atom stereocenters. The molecular formula is C12H19F3N2OS. The van der Waals surface area contributed by atoms with E-state index in [0.717, 1.165) is 25.7 Å². The summed E-state index contributed by atoms with van der Waals surface area (Å²) in [5.41, 5.74) is 4.90. The Morgan fingerprint density at radius 2 is 1.74 bits per heavy atom. The van der Waals surface area contributed by atoms with Gasteiger partial charge in [0, 0.05) is 6.42 Å². The van der Waals surface area contributed by atoms with Gasteiger partial charge in [0.1, 0.15) is 0 Å². The monoisotopic (exact) mass is 296 g/mol. The highest BCUT2D eigenvalue weighted by atomic mass is 32.1. The Bertz CT molecular complexity index is 336. The van der Waals surface area contributed by atoms with Crippen molar-refractivity contribution in [3.05, 3.63) is 0 Å². The van der Waals surface area contributed by atoms with Gasteiger partial charge < -0.3 is 11.1 Å². The lowest BCUT2D eigenvalue weighted by atomic mass is 9.89. The minimum Gasteiger partial charge on any atom is -0.391 e. The molecule has 0 heterocycles. The van der Waals surface area contributed by atoms with Crippen LogP contribution in [-0.2, 0) is 4.79 Å². The number of carbonyl (C=O) groups excluding carboxylic acids is 1. The molecule has 1 amide bonds. The molecule has 19 heavy (non-hydrogen) atoms. The van der Waals surface area contributed by atoms with E-state index in [4.69, 9.17) is 18.0 Å². The van der Waals surface area contributed by atoms with E-state index < -0.39 is 30.5 Å². The van der Waals surface area contributed by atoms with E-state index in [1.807, 2.05) is 0 Å². The van der Waals surface area contributed by atoms with Crippen molar-refractivity contribution in [2.24, 2.45) is 5.73 Å². The molecule has 7 heteroatoms. The lowest BCUT2D eigenvalue weighted by Crippen LogP contribution is -2.56. The van der Waals surface area contributed by atoms with Crippen molar-refractivity contribution in [1.29, 1.82) is 0 Å². The van der Waals surface area contributed by atoms with Gasteiger partial charge in [-0.05, 0) is 12.8 Å². The Labute approximate surface area is 116 Å². The Balaban J connectivity index is 2.62. The maximum absolute atomic E-state index is 12.1. The predicted octanol–water partition coefficient (Wildman–Crippen LogP) is 2.82. The summed E-state index contributed by atoms with van der Waals surface area (Å²) < 4.78 is 36.2. The van der Waals surface area contributed by atoms with Crippen molar-refractivity contribution in [1.82, 2.24) is 5.32 Å². The smallest absolute Gasteiger partial charge is 0.389 e. The Morgan fingerprint density at radius 1 is 1.21 bits per heavy atom. The molecule has 3 nitrogen and oxygen atoms in total. The van der Waals surface area contributed by atoms with E-state index in [2.05, 4.69) is 5.32 Å². The topological polar surface area (TPSA) is 55.1 Å². The van der Waals surface area contributed by atoms with Gasteiger partial charge in [0.05, 0.1) is 16.9 Å². The van der Waals surface area contributed by atoms with Gasteiger partial charge in [-0.2, -0.15) is 13.2 Å². The summed E-state index contributed by atoms with van der Waals surface area (Å²) in [6, 6.07) is 0. The van der Waals surface area contributed by atoms with E-state index in [-0.39, 0.29) is 4.99 Å². The van der Waals surface area contributed by atoms with E-state index >= 15 is 0 Å². The van der Waals surface area contributed by atoms with Crippen molar-refractivity contribution in [3.63, 3.8) is 0 Å². The van der Waals surface area contributed by atoms with Crippen LogP contribution in [0.15, 0.2) is 0 Å². The van der Waals surface area contributed by atoms with Gasteiger partial charge in [0.15, 0.2) is 0 Å². The number of carbonyl (C=O) groups is 1. The Kier molecular flexibility index (Phi) is 5.58. The summed E-state index contributed by atoms with van der Waals surface area (Å²) in [4.78, 5) is 11.8. The molecule has 0 bridgehead atoms. The third-order valence-corrected chi connectivity index (χ3v) is 3.83. The first-order chi connectivity index (χ1) is 8.75. The van der Waals surface area contributed by atoms with Crippen LogP contribution in [0.1, 0.15) is 51.4 Å². The lowest BCUT2D eigenvalue weighted by molar-refractivity contribution is -0.144. The quantitative estimate of drug-likeness (QED) is 0.619. The Morgan fingerprint density at radius 3 is 2.16 bits per heavy atom. The number of amides is 1. The zero-order chi connectivity index (χ0) is 14.5. The molecule has 1 aliphatic rings. The largest absolute Gasteiger partial charge is 0.391 e. The van der Waals surface area contributed by atoms with Gasteiger partial charge in [0.25, 0.3) is 0 Å². The zero-order valence-electron chi connectivity index (χ0n) is 10.7. The summed E-state index contributed by atoms with van der Waals surface area (Å²) in [5, 5.41) is 2.64. The molecule has 0 atom stereocenters. The summed E-state index contributed by atoms with van der Waals surface area (Å²) in [7, 11) is 0. The molecule has 0 spiro atoms. The standard InChI is InChI=1S/C12H19F3N2OS/c13-12(14,15)8-5-9(18)17-11(10(16)19)6-3-1-2-4-7-11/h1-8H2,(H2,16,19)(H,17,18). The first-order valence-corrected chi connectivity index (χ1v) is 6.84. The number of nitrogens with one attached hydrogen (secondary N) is 1. The van der Waals surface area contributed by atoms with Crippen LogP contribution in [-0.4, -0.2) is 22.6 Å². The fraction of sp³-hybridized carbons (Fsp3) is 0.833. The van der Waals surface area contributed by atoms with E-state index in [1.54, 1.807) is 0 Å². The number of hydrogen-bond donors (Lipinski definition) is 2. The molecule has 1 fully saturated rings. The van der Waals surface area contributed by atoms with Crippen molar-refractivity contribution < 1.29 is 18.0 Å². The molecule has 0 aliphatic heterocycles. The van der Waals surface area contributed by atoms with Gasteiger partial charge >= 0.3 is 6.18 Å². The molecule has 0 saturated heterocycles. The SMILES string of the molecule is NC(=S)C1(NC(=O)CCC(F)(F)F)CCCCCC1. The van der Waals surface area contributed by atoms with Crippen LogP contribution in [0, 0.1) is 0 Å². The average Bonchev–Trinajstić information content (AvgIpc) is 2.52. The predicted molar refractivity (Wildman–Crippen MR) is 70.7 cm³/mol. The molecule has 1 rings (SSSR count). The third-order valence-electron chi connectivity index (χ3n) is 3.44. The first kappa shape index (κ1) is 16.2. The number of rotatable bonds is 4. The molecule has 0 aromatic carbocycles. The van der Waals surface area contributed by atoms with Crippen LogP contribution in [0.2, 0.25) is 0 Å². The number of nitrogens with two attached hydrogens (primary N) is 1. The number of halogens is 3. The van der Waals surface area contributed by atoms with Gasteiger partial charge in [-0.25, -0.2) is 0 Å². The molecule has 0 radical (unpaired) electrons. The van der Waals surface area contributed by atoms with Gasteiger partial charge in [0.2, 0.25) is 5.91 Å². The first-order valence-electron chi connectivity index (χ1n) is 6.43. The van der Waals surface area contributed by atoms with Crippen molar-refractivity contribution in [3.8, 4) is 0 Å². The highest BCUT2D eigenvalue weighted by Gasteiger charge is 2.36. The fourth-order valence-electron chi connectivity index (χ4n) is 2.35. The summed E-state index contributed by atoms with van der Waals surface area (Å²) >= 11 is 5.00. The van der Waals surface area contributed by atoms with Crippen LogP contribution < -0.4 is 11.1 Å². The molecule has 110 valence electrons. The van der Waals surface area contributed by atoms with Crippen LogP contribution in [0.25, 0.3) is 0 Å². The zero-order valence-corrected chi connectivity index (χ0v) is 11.5. The average molecular weight is 296 g/mol. The van der Waals surface area contributed by atoms with E-state index in [1.165, 1.54) is 0 Å². The summed E-state index contributed by atoms with van der Waals surface area (Å²) in [6.07, 6.45) is -0.989. The second-order valence-electron chi connectivity index (χ2n) is 5.02. The van der Waals surface area contributed by atoms with Crippen molar-refractivity contribution in [2.75, 3.05) is 0 Å². The van der Waals surface area contributed by atoms with E-state index in [9.17, 15) is 18.0 Å². The van der Waals surface area contributed by atoms with Crippen LogP contribution in [0.5, 0.6) is 0 Å². The van der Waals surface area contributed by atoms with Gasteiger partial charge in [-0.3, -0.25) is 4.79 Å². The highest BCUT2D eigenvalue weighted by molar-refractivity contribution is 7.80. The summed E-state index contributed by atoms with van der Waals surface area (Å²) in [6.45, 7) is 0. The fourth-order valence-corrected chi connectivity index (χ4v) is 2.60. The number of alkyl halides is 3.